The molecule has 1 atom stereocenters. The van der Waals surface area contributed by atoms with Gasteiger partial charge in [0.05, 0.1) is 0 Å². The van der Waals surface area contributed by atoms with Gasteiger partial charge in [0, 0.05) is 30.8 Å². The van der Waals surface area contributed by atoms with Crippen LogP contribution in [-0.4, -0.2) is 24.1 Å². The Hall–Kier alpha value is -2.75. The highest BCUT2D eigenvalue weighted by Gasteiger charge is 2.20. The summed E-state index contributed by atoms with van der Waals surface area (Å²) in [4.78, 5) is 11.8. The lowest BCUT2D eigenvalue weighted by Gasteiger charge is -2.10. The van der Waals surface area contributed by atoms with Gasteiger partial charge in [-0.15, -0.1) is 0 Å². The third kappa shape index (κ3) is 3.92. The smallest absolute Gasteiger partial charge is 0.243 e. The van der Waals surface area contributed by atoms with Gasteiger partial charge in [0.15, 0.2) is 0 Å². The summed E-state index contributed by atoms with van der Waals surface area (Å²) in [7, 11) is 0. The Morgan fingerprint density at radius 3 is 2.83 bits per heavy atom. The Bertz CT molecular complexity index is 708. The molecule has 2 aromatic carbocycles. The van der Waals surface area contributed by atoms with E-state index < -0.39 is 0 Å². The minimum Gasteiger partial charge on any atom is -0.508 e. The molecule has 118 valence electrons. The summed E-state index contributed by atoms with van der Waals surface area (Å²) < 4.78 is 0. The maximum atomic E-state index is 11.8. The third-order valence-electron chi connectivity index (χ3n) is 4.05. The fraction of sp³-hybridized carbons (Fsp3) is 0.211. The number of hydrogen-bond donors (Lipinski definition) is 3. The molecular weight excluding hydrogens is 288 g/mol. The number of benzene rings is 2. The van der Waals surface area contributed by atoms with Crippen molar-refractivity contribution in [3.8, 4) is 5.75 Å². The molecule has 0 bridgehead atoms. The zero-order chi connectivity index (χ0) is 16.1. The molecule has 0 radical (unpaired) electrons. The standard InChI is InChI=1S/C19H20N2O2/c22-16-8-5-14(6-9-16)7-10-19(23)20-12-11-15-13-21-18-4-2-1-3-17(15)18/h1-10,15,21-22H,11-13H2,(H,20,23)/b10-7+. The Kier molecular flexibility index (Phi) is 4.62. The number of para-hydroxylation sites is 1. The van der Waals surface area contributed by atoms with E-state index >= 15 is 0 Å². The highest BCUT2D eigenvalue weighted by atomic mass is 16.3. The second kappa shape index (κ2) is 7.01. The largest absolute Gasteiger partial charge is 0.508 e. The lowest BCUT2D eigenvalue weighted by Crippen LogP contribution is -2.23. The minimum absolute atomic E-state index is 0.0997. The Balaban J connectivity index is 1.46. The first-order valence-electron chi connectivity index (χ1n) is 7.80. The monoisotopic (exact) mass is 308 g/mol. The molecule has 4 nitrogen and oxygen atoms in total. The van der Waals surface area contributed by atoms with E-state index in [1.807, 2.05) is 6.07 Å². The number of phenols is 1. The molecule has 0 aromatic heterocycles. The molecule has 0 fully saturated rings. The van der Waals surface area contributed by atoms with E-state index in [-0.39, 0.29) is 11.7 Å². The summed E-state index contributed by atoms with van der Waals surface area (Å²) in [5.74, 6) is 0.571. The van der Waals surface area contributed by atoms with E-state index in [1.165, 1.54) is 17.3 Å². The molecule has 3 rings (SSSR count). The summed E-state index contributed by atoms with van der Waals surface area (Å²) in [5.41, 5.74) is 3.42. The van der Waals surface area contributed by atoms with Crippen molar-refractivity contribution in [3.63, 3.8) is 0 Å². The van der Waals surface area contributed by atoms with E-state index in [9.17, 15) is 9.90 Å². The molecule has 23 heavy (non-hydrogen) atoms. The first kappa shape index (κ1) is 15.2. The number of hydrogen-bond acceptors (Lipinski definition) is 3. The van der Waals surface area contributed by atoms with Crippen LogP contribution in [0.1, 0.15) is 23.5 Å². The number of amides is 1. The van der Waals surface area contributed by atoms with Crippen LogP contribution in [0.5, 0.6) is 5.75 Å². The maximum absolute atomic E-state index is 11.8. The number of aromatic hydroxyl groups is 1. The molecule has 0 saturated heterocycles. The van der Waals surface area contributed by atoms with Gasteiger partial charge in [-0.3, -0.25) is 4.79 Å². The molecule has 4 heteroatoms. The van der Waals surface area contributed by atoms with Crippen molar-refractivity contribution in [1.82, 2.24) is 5.32 Å². The van der Waals surface area contributed by atoms with Gasteiger partial charge in [-0.25, -0.2) is 0 Å². The highest BCUT2D eigenvalue weighted by molar-refractivity contribution is 5.91. The average Bonchev–Trinajstić information content (AvgIpc) is 2.98. The van der Waals surface area contributed by atoms with Crippen LogP contribution in [0.2, 0.25) is 0 Å². The van der Waals surface area contributed by atoms with Crippen molar-refractivity contribution in [3.05, 3.63) is 65.7 Å². The van der Waals surface area contributed by atoms with Gasteiger partial charge in [0.1, 0.15) is 5.75 Å². The molecule has 1 heterocycles. The van der Waals surface area contributed by atoms with Crippen molar-refractivity contribution in [2.45, 2.75) is 12.3 Å². The summed E-state index contributed by atoms with van der Waals surface area (Å²) in [6, 6.07) is 15.0. The SMILES string of the molecule is O=C(/C=C/c1ccc(O)cc1)NCCC1CNc2ccccc21. The third-order valence-corrected chi connectivity index (χ3v) is 4.05. The number of phenolic OH excluding ortho intramolecular Hbond substituents is 1. The molecular formula is C19H20N2O2. The molecule has 2 aromatic rings. The normalized spacial score (nSPS) is 16.1. The number of carbonyl (C=O) groups is 1. The minimum atomic E-state index is -0.0997. The molecule has 1 unspecified atom stereocenters. The average molecular weight is 308 g/mol. The molecule has 0 spiro atoms. The van der Waals surface area contributed by atoms with Gasteiger partial charge in [0.25, 0.3) is 0 Å². The molecule has 1 aliphatic heterocycles. The summed E-state index contributed by atoms with van der Waals surface area (Å²) >= 11 is 0. The first-order chi connectivity index (χ1) is 11.2. The lowest BCUT2D eigenvalue weighted by molar-refractivity contribution is -0.116. The van der Waals surface area contributed by atoms with Crippen LogP contribution >= 0.6 is 0 Å². The summed E-state index contributed by atoms with van der Waals surface area (Å²) in [5, 5.41) is 15.5. The quantitative estimate of drug-likeness (QED) is 0.744. The van der Waals surface area contributed by atoms with Crippen LogP contribution in [-0.2, 0) is 4.79 Å². The van der Waals surface area contributed by atoms with E-state index in [1.54, 1.807) is 30.3 Å². The summed E-state index contributed by atoms with van der Waals surface area (Å²) in [6.45, 7) is 1.58. The van der Waals surface area contributed by atoms with Gasteiger partial charge in [-0.2, -0.15) is 0 Å². The first-order valence-corrected chi connectivity index (χ1v) is 7.80. The van der Waals surface area contributed by atoms with Crippen LogP contribution in [0, 0.1) is 0 Å². The lowest BCUT2D eigenvalue weighted by atomic mass is 9.98. The van der Waals surface area contributed by atoms with Crippen molar-refractivity contribution in [1.29, 1.82) is 0 Å². The van der Waals surface area contributed by atoms with E-state index in [2.05, 4.69) is 28.8 Å². The van der Waals surface area contributed by atoms with Crippen molar-refractivity contribution in [2.75, 3.05) is 18.4 Å². The zero-order valence-electron chi connectivity index (χ0n) is 12.8. The number of carbonyl (C=O) groups excluding carboxylic acids is 1. The van der Waals surface area contributed by atoms with Crippen LogP contribution in [0.25, 0.3) is 6.08 Å². The predicted molar refractivity (Wildman–Crippen MR) is 92.4 cm³/mol. The second-order valence-corrected chi connectivity index (χ2v) is 5.67. The fourth-order valence-electron chi connectivity index (χ4n) is 2.80. The summed E-state index contributed by atoms with van der Waals surface area (Å²) in [6.07, 6.45) is 4.18. The molecule has 0 saturated carbocycles. The zero-order valence-corrected chi connectivity index (χ0v) is 12.8. The van der Waals surface area contributed by atoms with Gasteiger partial charge in [0.2, 0.25) is 5.91 Å². The molecule has 1 aliphatic rings. The molecule has 0 aliphatic carbocycles. The molecule has 3 N–H and O–H groups in total. The number of anilines is 1. The van der Waals surface area contributed by atoms with Crippen LogP contribution in [0.4, 0.5) is 5.69 Å². The Morgan fingerprint density at radius 1 is 1.22 bits per heavy atom. The second-order valence-electron chi connectivity index (χ2n) is 5.67. The maximum Gasteiger partial charge on any atom is 0.243 e. The van der Waals surface area contributed by atoms with Crippen LogP contribution < -0.4 is 10.6 Å². The Morgan fingerprint density at radius 2 is 2.00 bits per heavy atom. The van der Waals surface area contributed by atoms with E-state index in [0.717, 1.165) is 18.5 Å². The predicted octanol–water partition coefficient (Wildman–Crippen LogP) is 3.12. The fourth-order valence-corrected chi connectivity index (χ4v) is 2.80. The number of fused-ring (bicyclic) bond motifs is 1. The van der Waals surface area contributed by atoms with E-state index in [4.69, 9.17) is 0 Å². The van der Waals surface area contributed by atoms with Crippen molar-refractivity contribution < 1.29 is 9.90 Å². The van der Waals surface area contributed by atoms with Crippen LogP contribution in [0.3, 0.4) is 0 Å². The van der Waals surface area contributed by atoms with Crippen molar-refractivity contribution in [2.24, 2.45) is 0 Å². The van der Waals surface area contributed by atoms with Crippen molar-refractivity contribution >= 4 is 17.7 Å². The molecule has 1 amide bonds. The van der Waals surface area contributed by atoms with Crippen LogP contribution in [0.15, 0.2) is 54.6 Å². The Labute approximate surface area is 135 Å². The number of rotatable bonds is 5. The van der Waals surface area contributed by atoms with Gasteiger partial charge < -0.3 is 15.7 Å². The highest BCUT2D eigenvalue weighted by Crippen LogP contribution is 2.32. The van der Waals surface area contributed by atoms with E-state index in [0.29, 0.717) is 12.5 Å². The van der Waals surface area contributed by atoms with Gasteiger partial charge >= 0.3 is 0 Å². The van der Waals surface area contributed by atoms with Gasteiger partial charge in [-0.05, 0) is 41.8 Å². The topological polar surface area (TPSA) is 61.4 Å². The van der Waals surface area contributed by atoms with Gasteiger partial charge in [-0.1, -0.05) is 30.3 Å². The number of nitrogens with one attached hydrogen (secondary N) is 2.